The molecule has 12 heteroatoms. The molecule has 0 saturated heterocycles. The van der Waals surface area contributed by atoms with Crippen LogP contribution in [-0.4, -0.2) is 73.1 Å². The molecule has 0 radical (unpaired) electrons. The van der Waals surface area contributed by atoms with Crippen molar-refractivity contribution in [2.45, 2.75) is 130 Å². The fraction of sp³-hybridized carbons (Fsp3) is 0.828. The maximum Gasteiger partial charge on any atom is 0.408 e. The minimum atomic E-state index is -0.882. The van der Waals surface area contributed by atoms with Gasteiger partial charge >= 0.3 is 24.2 Å². The number of rotatable bonds is 15. The number of Topliss-reactive ketones (excluding diaryl/α,β-unsaturated/α-hetero) is 1. The van der Waals surface area contributed by atoms with Gasteiger partial charge in [0.05, 0.1) is 19.1 Å². The number of amides is 3. The Morgan fingerprint density at radius 2 is 1.02 bits per heavy atom. The molecular weight excluding hydrogens is 534 g/mol. The molecule has 0 aromatic carbocycles. The summed E-state index contributed by atoms with van der Waals surface area (Å²) in [5.74, 6) is -1.54. The smallest absolute Gasteiger partial charge is 0.408 e. The van der Waals surface area contributed by atoms with Crippen LogP contribution in [0.15, 0.2) is 0 Å². The van der Waals surface area contributed by atoms with E-state index in [0.29, 0.717) is 51.6 Å². The standard InChI is InChI=1S/C29H53N3O9/c1-27(2,3)39-24(35)30-17-13-11-15-20(23(34)38-10)19-22(33)21(32-26(37)41-29(7,8)9)16-12-14-18-31-25(36)40-28(4,5)6/h20-21H,11-19H2,1-10H3,(H,30,35)(H,31,36)(H,32,37). The van der Waals surface area contributed by atoms with Crippen LogP contribution in [0, 0.1) is 5.92 Å². The number of unbranched alkanes of at least 4 members (excludes halogenated alkanes) is 2. The van der Waals surface area contributed by atoms with Gasteiger partial charge in [0.15, 0.2) is 5.78 Å². The summed E-state index contributed by atoms with van der Waals surface area (Å²) in [5, 5.41) is 7.97. The van der Waals surface area contributed by atoms with Gasteiger partial charge in [-0.05, 0) is 94.4 Å². The summed E-state index contributed by atoms with van der Waals surface area (Å²) in [6, 6.07) is -0.882. The minimum Gasteiger partial charge on any atom is -0.469 e. The molecular formula is C29H53N3O9. The number of ether oxygens (including phenoxy) is 4. The lowest BCUT2D eigenvalue weighted by Crippen LogP contribution is -2.44. The third kappa shape index (κ3) is 21.4. The number of carbonyl (C=O) groups is 5. The molecule has 41 heavy (non-hydrogen) atoms. The molecule has 0 aromatic heterocycles. The molecule has 3 amide bonds. The van der Waals surface area contributed by atoms with Gasteiger partial charge < -0.3 is 34.9 Å². The topological polar surface area (TPSA) is 158 Å². The molecule has 0 aliphatic carbocycles. The Hall–Kier alpha value is -3.05. The van der Waals surface area contributed by atoms with Crippen molar-refractivity contribution >= 4 is 30.0 Å². The largest absolute Gasteiger partial charge is 0.469 e. The number of esters is 1. The van der Waals surface area contributed by atoms with E-state index < -0.39 is 53.0 Å². The highest BCUT2D eigenvalue weighted by atomic mass is 16.6. The number of methoxy groups -OCH3 is 1. The van der Waals surface area contributed by atoms with E-state index in [1.54, 1.807) is 62.3 Å². The van der Waals surface area contributed by atoms with E-state index in [1.807, 2.05) is 0 Å². The Labute approximate surface area is 245 Å². The molecule has 0 aromatic rings. The van der Waals surface area contributed by atoms with Gasteiger partial charge in [0.1, 0.15) is 16.8 Å². The van der Waals surface area contributed by atoms with Gasteiger partial charge in [-0.1, -0.05) is 6.42 Å². The highest BCUT2D eigenvalue weighted by Gasteiger charge is 2.29. The molecule has 3 N–H and O–H groups in total. The summed E-state index contributed by atoms with van der Waals surface area (Å²) in [7, 11) is 1.26. The lowest BCUT2D eigenvalue weighted by atomic mass is 9.92. The molecule has 0 saturated carbocycles. The second-order valence-corrected chi connectivity index (χ2v) is 12.9. The molecule has 0 bridgehead atoms. The third-order valence-corrected chi connectivity index (χ3v) is 5.30. The van der Waals surface area contributed by atoms with Gasteiger partial charge in [-0.15, -0.1) is 0 Å². The van der Waals surface area contributed by atoms with Crippen LogP contribution in [-0.2, 0) is 28.5 Å². The fourth-order valence-corrected chi connectivity index (χ4v) is 3.62. The average Bonchev–Trinajstić information content (AvgIpc) is 2.77. The van der Waals surface area contributed by atoms with Crippen LogP contribution in [0.25, 0.3) is 0 Å². The Morgan fingerprint density at radius 1 is 0.610 bits per heavy atom. The highest BCUT2D eigenvalue weighted by Crippen LogP contribution is 2.18. The number of hydrogen-bond acceptors (Lipinski definition) is 9. The van der Waals surface area contributed by atoms with E-state index in [4.69, 9.17) is 18.9 Å². The number of nitrogens with one attached hydrogen (secondary N) is 3. The fourth-order valence-electron chi connectivity index (χ4n) is 3.62. The first-order valence-electron chi connectivity index (χ1n) is 14.3. The third-order valence-electron chi connectivity index (χ3n) is 5.30. The van der Waals surface area contributed by atoms with Crippen LogP contribution in [0.1, 0.15) is 107 Å². The molecule has 238 valence electrons. The Kier molecular flexibility index (Phi) is 16.4. The number of ketones is 1. The molecule has 0 fully saturated rings. The van der Waals surface area contributed by atoms with Crippen LogP contribution in [0.2, 0.25) is 0 Å². The normalized spacial score (nSPS) is 13.3. The Bertz CT molecular complexity index is 855. The zero-order chi connectivity index (χ0) is 31.9. The predicted molar refractivity (Wildman–Crippen MR) is 154 cm³/mol. The zero-order valence-corrected chi connectivity index (χ0v) is 26.7. The summed E-state index contributed by atoms with van der Waals surface area (Å²) < 4.78 is 20.7. The van der Waals surface area contributed by atoms with E-state index >= 15 is 0 Å². The second-order valence-electron chi connectivity index (χ2n) is 12.9. The second kappa shape index (κ2) is 17.7. The maximum absolute atomic E-state index is 13.3. The lowest BCUT2D eigenvalue weighted by Gasteiger charge is -2.24. The molecule has 0 spiro atoms. The van der Waals surface area contributed by atoms with Crippen LogP contribution in [0.4, 0.5) is 14.4 Å². The van der Waals surface area contributed by atoms with E-state index in [-0.39, 0.29) is 12.2 Å². The van der Waals surface area contributed by atoms with Crippen molar-refractivity contribution in [3.05, 3.63) is 0 Å². The van der Waals surface area contributed by atoms with Crippen molar-refractivity contribution in [2.75, 3.05) is 20.2 Å². The van der Waals surface area contributed by atoms with E-state index in [1.165, 1.54) is 7.11 Å². The van der Waals surface area contributed by atoms with Crippen molar-refractivity contribution in [3.63, 3.8) is 0 Å². The number of carbonyl (C=O) groups excluding carboxylic acids is 5. The summed E-state index contributed by atoms with van der Waals surface area (Å²) in [4.78, 5) is 61.8. The minimum absolute atomic E-state index is 0.122. The first-order valence-corrected chi connectivity index (χ1v) is 14.3. The van der Waals surface area contributed by atoms with Crippen LogP contribution >= 0.6 is 0 Å². The van der Waals surface area contributed by atoms with E-state index in [2.05, 4.69) is 16.0 Å². The van der Waals surface area contributed by atoms with Gasteiger partial charge in [0.2, 0.25) is 0 Å². The van der Waals surface area contributed by atoms with Crippen molar-refractivity contribution in [3.8, 4) is 0 Å². The van der Waals surface area contributed by atoms with Gasteiger partial charge in [-0.25, -0.2) is 14.4 Å². The maximum atomic E-state index is 13.3. The summed E-state index contributed by atoms with van der Waals surface area (Å²) in [6.45, 7) is 16.5. The highest BCUT2D eigenvalue weighted by molar-refractivity contribution is 5.90. The Morgan fingerprint density at radius 3 is 1.44 bits per heavy atom. The molecule has 0 aliphatic rings. The van der Waals surface area contributed by atoms with Crippen molar-refractivity contribution in [2.24, 2.45) is 5.92 Å². The summed E-state index contributed by atoms with van der Waals surface area (Å²) in [6.07, 6.45) is 0.956. The molecule has 0 heterocycles. The summed E-state index contributed by atoms with van der Waals surface area (Å²) >= 11 is 0. The molecule has 2 unspecified atom stereocenters. The quantitative estimate of drug-likeness (QED) is 0.136. The van der Waals surface area contributed by atoms with Crippen LogP contribution < -0.4 is 16.0 Å². The Balaban J connectivity index is 5.06. The van der Waals surface area contributed by atoms with E-state index in [0.717, 1.165) is 0 Å². The lowest BCUT2D eigenvalue weighted by molar-refractivity contribution is -0.147. The van der Waals surface area contributed by atoms with Gasteiger partial charge in [-0.2, -0.15) is 0 Å². The van der Waals surface area contributed by atoms with Gasteiger partial charge in [0, 0.05) is 19.5 Å². The number of hydrogen-bond donors (Lipinski definition) is 3. The van der Waals surface area contributed by atoms with E-state index in [9.17, 15) is 24.0 Å². The molecule has 0 aliphatic heterocycles. The van der Waals surface area contributed by atoms with Crippen LogP contribution in [0.5, 0.6) is 0 Å². The first-order chi connectivity index (χ1) is 18.7. The monoisotopic (exact) mass is 587 g/mol. The molecule has 12 nitrogen and oxygen atoms in total. The number of alkyl carbamates (subject to hydrolysis) is 3. The van der Waals surface area contributed by atoms with Crippen molar-refractivity contribution < 1.29 is 42.9 Å². The van der Waals surface area contributed by atoms with Crippen molar-refractivity contribution in [1.82, 2.24) is 16.0 Å². The zero-order valence-electron chi connectivity index (χ0n) is 26.7. The predicted octanol–water partition coefficient (Wildman–Crippen LogP) is 5.02. The summed E-state index contributed by atoms with van der Waals surface area (Å²) in [5.41, 5.74) is -1.96. The van der Waals surface area contributed by atoms with Crippen molar-refractivity contribution in [1.29, 1.82) is 0 Å². The van der Waals surface area contributed by atoms with Gasteiger partial charge in [0.25, 0.3) is 0 Å². The van der Waals surface area contributed by atoms with Gasteiger partial charge in [-0.3, -0.25) is 9.59 Å². The average molecular weight is 588 g/mol. The molecule has 0 rings (SSSR count). The first kappa shape index (κ1) is 38.0. The molecule has 2 atom stereocenters. The SMILES string of the molecule is COC(=O)C(CCCCNC(=O)OC(C)(C)C)CC(=O)C(CCCCNC(=O)OC(C)(C)C)NC(=O)OC(C)(C)C. The van der Waals surface area contributed by atoms with Crippen LogP contribution in [0.3, 0.4) is 0 Å².